The minimum Gasteiger partial charge on any atom is -0.369 e. The van der Waals surface area contributed by atoms with E-state index in [1.54, 1.807) is 0 Å². The van der Waals surface area contributed by atoms with Crippen molar-refractivity contribution in [1.29, 1.82) is 0 Å². The molecule has 2 N–H and O–H groups in total. The first-order chi connectivity index (χ1) is 9.65. The van der Waals surface area contributed by atoms with Crippen LogP contribution >= 0.6 is 15.9 Å². The Morgan fingerprint density at radius 2 is 2.10 bits per heavy atom. The van der Waals surface area contributed by atoms with Crippen LogP contribution in [0.1, 0.15) is 19.3 Å². The summed E-state index contributed by atoms with van der Waals surface area (Å²) in [5.41, 5.74) is 7.78. The van der Waals surface area contributed by atoms with E-state index in [2.05, 4.69) is 20.9 Å². The normalized spacial score (nSPS) is 15.2. The smallest absolute Gasteiger partial charge is 0.224 e. The second-order valence-electron chi connectivity index (χ2n) is 5.09. The van der Waals surface area contributed by atoms with Gasteiger partial charge in [-0.2, -0.15) is 0 Å². The standard InChI is InChI=1S/C14H17BrN4O/c15-10-3-4-12-11(9-10)17-14(16)19(12)8-5-13(20)18-6-1-2-7-18/h3-4,9H,1-2,5-8H2,(H2,16,17). The summed E-state index contributed by atoms with van der Waals surface area (Å²) in [5, 5.41) is 0. The van der Waals surface area contributed by atoms with Crippen LogP contribution in [0.2, 0.25) is 0 Å². The van der Waals surface area contributed by atoms with E-state index in [1.807, 2.05) is 27.7 Å². The van der Waals surface area contributed by atoms with Crippen molar-refractivity contribution >= 4 is 38.8 Å². The Kier molecular flexibility index (Phi) is 3.65. The Hall–Kier alpha value is -1.56. The number of nitrogens with zero attached hydrogens (tertiary/aromatic N) is 3. The van der Waals surface area contributed by atoms with Crippen molar-refractivity contribution in [3.63, 3.8) is 0 Å². The van der Waals surface area contributed by atoms with E-state index in [0.29, 0.717) is 18.9 Å². The number of aryl methyl sites for hydroxylation is 1. The zero-order valence-electron chi connectivity index (χ0n) is 11.2. The molecule has 0 spiro atoms. The monoisotopic (exact) mass is 336 g/mol. The van der Waals surface area contributed by atoms with Crippen molar-refractivity contribution in [2.24, 2.45) is 0 Å². The molecule has 1 aliphatic rings. The van der Waals surface area contributed by atoms with Crippen LogP contribution in [0.3, 0.4) is 0 Å². The summed E-state index contributed by atoms with van der Waals surface area (Å²) in [4.78, 5) is 18.4. The number of rotatable bonds is 3. The highest BCUT2D eigenvalue weighted by Gasteiger charge is 2.18. The third kappa shape index (κ3) is 2.52. The highest BCUT2D eigenvalue weighted by atomic mass is 79.9. The van der Waals surface area contributed by atoms with Gasteiger partial charge in [0.2, 0.25) is 11.9 Å². The fourth-order valence-corrected chi connectivity index (χ4v) is 3.04. The molecule has 20 heavy (non-hydrogen) atoms. The van der Waals surface area contributed by atoms with E-state index >= 15 is 0 Å². The molecule has 0 saturated carbocycles. The highest BCUT2D eigenvalue weighted by Crippen LogP contribution is 2.22. The molecule has 0 radical (unpaired) electrons. The molecule has 0 aliphatic carbocycles. The molecule has 2 heterocycles. The SMILES string of the molecule is Nc1nc2cc(Br)ccc2n1CCC(=O)N1CCCC1. The summed E-state index contributed by atoms with van der Waals surface area (Å²) in [6.07, 6.45) is 2.72. The lowest BCUT2D eigenvalue weighted by molar-refractivity contribution is -0.130. The van der Waals surface area contributed by atoms with Gasteiger partial charge in [0.05, 0.1) is 11.0 Å². The molecule has 5 nitrogen and oxygen atoms in total. The topological polar surface area (TPSA) is 64.1 Å². The van der Waals surface area contributed by atoms with Crippen LogP contribution in [-0.4, -0.2) is 33.4 Å². The second-order valence-corrected chi connectivity index (χ2v) is 6.01. The van der Waals surface area contributed by atoms with Crippen LogP contribution in [0.5, 0.6) is 0 Å². The van der Waals surface area contributed by atoms with Gasteiger partial charge in [0, 0.05) is 30.5 Å². The molecular weight excluding hydrogens is 320 g/mol. The number of hydrogen-bond donors (Lipinski definition) is 1. The molecule has 1 fully saturated rings. The maximum atomic E-state index is 12.1. The van der Waals surface area contributed by atoms with E-state index in [4.69, 9.17) is 5.73 Å². The Labute approximate surface area is 125 Å². The van der Waals surface area contributed by atoms with Crippen LogP contribution in [-0.2, 0) is 11.3 Å². The van der Waals surface area contributed by atoms with E-state index < -0.39 is 0 Å². The number of amides is 1. The molecule has 1 aromatic heterocycles. The van der Waals surface area contributed by atoms with Crippen molar-refractivity contribution in [2.45, 2.75) is 25.8 Å². The van der Waals surface area contributed by atoms with Gasteiger partial charge < -0.3 is 15.2 Å². The first kappa shape index (κ1) is 13.4. The quantitative estimate of drug-likeness (QED) is 0.935. The third-order valence-corrected chi connectivity index (χ3v) is 4.24. The number of anilines is 1. The number of carbonyl (C=O) groups is 1. The lowest BCUT2D eigenvalue weighted by Gasteiger charge is -2.15. The number of fused-ring (bicyclic) bond motifs is 1. The third-order valence-electron chi connectivity index (χ3n) is 3.75. The molecule has 0 atom stereocenters. The molecule has 2 aromatic rings. The summed E-state index contributed by atoms with van der Waals surface area (Å²) in [6.45, 7) is 2.37. The molecule has 1 aromatic carbocycles. The first-order valence-electron chi connectivity index (χ1n) is 6.84. The molecule has 1 saturated heterocycles. The largest absolute Gasteiger partial charge is 0.369 e. The van der Waals surface area contributed by atoms with Crippen LogP contribution < -0.4 is 5.73 Å². The predicted octanol–water partition coefficient (Wildman–Crippen LogP) is 2.39. The minimum absolute atomic E-state index is 0.209. The van der Waals surface area contributed by atoms with Crippen LogP contribution in [0.15, 0.2) is 22.7 Å². The average Bonchev–Trinajstić information content (AvgIpc) is 3.03. The maximum absolute atomic E-state index is 12.1. The van der Waals surface area contributed by atoms with Gasteiger partial charge in [0.25, 0.3) is 0 Å². The summed E-state index contributed by atoms with van der Waals surface area (Å²) in [5.74, 6) is 0.674. The number of benzene rings is 1. The molecule has 3 rings (SSSR count). The molecule has 0 unspecified atom stereocenters. The Balaban J connectivity index is 1.77. The summed E-state index contributed by atoms with van der Waals surface area (Å²) in [6, 6.07) is 5.87. The Morgan fingerprint density at radius 1 is 1.35 bits per heavy atom. The van der Waals surface area contributed by atoms with Crippen molar-refractivity contribution in [3.05, 3.63) is 22.7 Å². The van der Waals surface area contributed by atoms with Gasteiger partial charge in [-0.1, -0.05) is 15.9 Å². The van der Waals surface area contributed by atoms with Crippen molar-refractivity contribution in [1.82, 2.24) is 14.5 Å². The van der Waals surface area contributed by atoms with Crippen molar-refractivity contribution in [3.8, 4) is 0 Å². The van der Waals surface area contributed by atoms with Crippen molar-refractivity contribution in [2.75, 3.05) is 18.8 Å². The van der Waals surface area contributed by atoms with Gasteiger partial charge in [0.1, 0.15) is 0 Å². The molecular formula is C14H17BrN4O. The van der Waals surface area contributed by atoms with E-state index in [-0.39, 0.29) is 5.91 Å². The number of aromatic nitrogens is 2. The Morgan fingerprint density at radius 3 is 2.85 bits per heavy atom. The number of halogens is 1. The number of carbonyl (C=O) groups excluding carboxylic acids is 1. The van der Waals surface area contributed by atoms with Crippen LogP contribution in [0.25, 0.3) is 11.0 Å². The highest BCUT2D eigenvalue weighted by molar-refractivity contribution is 9.10. The molecule has 1 amide bonds. The van der Waals surface area contributed by atoms with Gasteiger partial charge in [-0.25, -0.2) is 4.98 Å². The van der Waals surface area contributed by atoms with Gasteiger partial charge in [0.15, 0.2) is 0 Å². The van der Waals surface area contributed by atoms with E-state index in [0.717, 1.165) is 41.4 Å². The summed E-state index contributed by atoms with van der Waals surface area (Å²) >= 11 is 3.42. The van der Waals surface area contributed by atoms with Gasteiger partial charge in [-0.05, 0) is 31.0 Å². The lowest BCUT2D eigenvalue weighted by Crippen LogP contribution is -2.28. The number of hydrogen-bond acceptors (Lipinski definition) is 3. The zero-order chi connectivity index (χ0) is 14.1. The average molecular weight is 337 g/mol. The Bertz CT molecular complexity index is 646. The minimum atomic E-state index is 0.209. The molecule has 6 heteroatoms. The lowest BCUT2D eigenvalue weighted by atomic mass is 10.3. The molecule has 0 bridgehead atoms. The first-order valence-corrected chi connectivity index (χ1v) is 7.63. The van der Waals surface area contributed by atoms with Gasteiger partial charge in [-0.3, -0.25) is 4.79 Å². The van der Waals surface area contributed by atoms with Gasteiger partial charge in [-0.15, -0.1) is 0 Å². The van der Waals surface area contributed by atoms with E-state index in [9.17, 15) is 4.79 Å². The number of likely N-dealkylation sites (tertiary alicyclic amines) is 1. The zero-order valence-corrected chi connectivity index (χ0v) is 12.8. The second kappa shape index (κ2) is 5.44. The van der Waals surface area contributed by atoms with E-state index in [1.165, 1.54) is 0 Å². The van der Waals surface area contributed by atoms with Crippen LogP contribution in [0.4, 0.5) is 5.95 Å². The van der Waals surface area contributed by atoms with Gasteiger partial charge >= 0.3 is 0 Å². The number of nitrogens with two attached hydrogens (primary N) is 1. The molecule has 106 valence electrons. The summed E-state index contributed by atoms with van der Waals surface area (Å²) < 4.78 is 2.89. The predicted molar refractivity (Wildman–Crippen MR) is 82.3 cm³/mol. The number of nitrogen functional groups attached to an aromatic ring is 1. The summed E-state index contributed by atoms with van der Waals surface area (Å²) in [7, 11) is 0. The van der Waals surface area contributed by atoms with Crippen LogP contribution in [0, 0.1) is 0 Å². The fraction of sp³-hybridized carbons (Fsp3) is 0.429. The number of imidazole rings is 1. The maximum Gasteiger partial charge on any atom is 0.224 e. The molecule has 1 aliphatic heterocycles. The fourth-order valence-electron chi connectivity index (χ4n) is 2.69. The van der Waals surface area contributed by atoms with Crippen molar-refractivity contribution < 1.29 is 4.79 Å².